The number of nitrogens with zero attached hydrogens (tertiary/aromatic N) is 3. The number of amides is 1. The fraction of sp³-hybridized carbons (Fsp3) is 0.182. The first kappa shape index (κ1) is 11.1. The van der Waals surface area contributed by atoms with Crippen LogP contribution in [-0.2, 0) is 7.05 Å². The third kappa shape index (κ3) is 2.41. The van der Waals surface area contributed by atoms with Crippen LogP contribution in [0.2, 0.25) is 0 Å². The monoisotopic (exact) mass is 231 g/mol. The summed E-state index contributed by atoms with van der Waals surface area (Å²) in [4.78, 5) is 15.8. The van der Waals surface area contributed by atoms with Gasteiger partial charge in [-0.2, -0.15) is 5.10 Å². The molecule has 0 aliphatic heterocycles. The van der Waals surface area contributed by atoms with Gasteiger partial charge in [-0.15, -0.1) is 0 Å². The van der Waals surface area contributed by atoms with E-state index >= 15 is 0 Å². The molecule has 0 saturated carbocycles. The van der Waals surface area contributed by atoms with Crippen molar-refractivity contribution in [2.45, 2.75) is 6.92 Å². The number of anilines is 2. The van der Waals surface area contributed by atoms with Gasteiger partial charge < -0.3 is 11.1 Å². The molecule has 2 heterocycles. The number of nitrogen functional groups attached to an aromatic ring is 1. The zero-order valence-electron chi connectivity index (χ0n) is 9.64. The number of hydrogen-bond donors (Lipinski definition) is 2. The predicted octanol–water partition coefficient (Wildman–Crippen LogP) is 0.958. The number of rotatable bonds is 2. The van der Waals surface area contributed by atoms with E-state index in [0.29, 0.717) is 11.5 Å². The Kier molecular flexibility index (Phi) is 2.78. The standard InChI is InChI=1S/C11H13N5O/c1-7-5-10(16(2)15-7)14-11(17)9-6-8(12)3-4-13-9/h3-6H,1-2H3,(H2,12,13)(H,14,17). The lowest BCUT2D eigenvalue weighted by Gasteiger charge is -2.04. The fourth-order valence-corrected chi connectivity index (χ4v) is 1.48. The maximum Gasteiger partial charge on any atom is 0.275 e. The van der Waals surface area contributed by atoms with Gasteiger partial charge in [-0.25, -0.2) is 0 Å². The Morgan fingerprint density at radius 2 is 2.24 bits per heavy atom. The SMILES string of the molecule is Cc1cc(NC(=O)c2cc(N)ccn2)n(C)n1. The number of carbonyl (C=O) groups is 1. The molecule has 88 valence electrons. The van der Waals surface area contributed by atoms with Crippen molar-refractivity contribution in [3.63, 3.8) is 0 Å². The minimum Gasteiger partial charge on any atom is -0.399 e. The Balaban J connectivity index is 2.20. The van der Waals surface area contributed by atoms with Gasteiger partial charge in [0.05, 0.1) is 5.69 Å². The van der Waals surface area contributed by atoms with E-state index < -0.39 is 0 Å². The number of aromatic nitrogens is 3. The first-order chi connectivity index (χ1) is 8.06. The Morgan fingerprint density at radius 3 is 2.82 bits per heavy atom. The summed E-state index contributed by atoms with van der Waals surface area (Å²) in [6, 6.07) is 4.94. The summed E-state index contributed by atoms with van der Waals surface area (Å²) in [6.45, 7) is 1.86. The van der Waals surface area contributed by atoms with E-state index in [1.165, 1.54) is 12.3 Å². The van der Waals surface area contributed by atoms with Crippen LogP contribution in [0, 0.1) is 6.92 Å². The lowest BCUT2D eigenvalue weighted by atomic mass is 10.3. The highest BCUT2D eigenvalue weighted by atomic mass is 16.2. The molecule has 0 aromatic carbocycles. The second kappa shape index (κ2) is 4.25. The maximum absolute atomic E-state index is 11.9. The molecule has 0 atom stereocenters. The first-order valence-corrected chi connectivity index (χ1v) is 5.10. The van der Waals surface area contributed by atoms with E-state index in [1.807, 2.05) is 6.92 Å². The van der Waals surface area contributed by atoms with Crippen LogP contribution in [-0.4, -0.2) is 20.7 Å². The van der Waals surface area contributed by atoms with Gasteiger partial charge in [-0.05, 0) is 19.1 Å². The number of nitrogens with two attached hydrogens (primary N) is 1. The molecule has 0 aliphatic carbocycles. The first-order valence-electron chi connectivity index (χ1n) is 5.10. The highest BCUT2D eigenvalue weighted by molar-refractivity contribution is 6.02. The number of aryl methyl sites for hydroxylation is 2. The summed E-state index contributed by atoms with van der Waals surface area (Å²) in [7, 11) is 1.76. The Bertz CT molecular complexity index is 561. The number of hydrogen-bond acceptors (Lipinski definition) is 4. The van der Waals surface area contributed by atoms with Gasteiger partial charge in [0.1, 0.15) is 11.5 Å². The molecule has 2 aromatic rings. The zero-order chi connectivity index (χ0) is 12.4. The summed E-state index contributed by atoms with van der Waals surface area (Å²) in [6.07, 6.45) is 1.50. The molecule has 0 bridgehead atoms. The van der Waals surface area contributed by atoms with Crippen molar-refractivity contribution in [3.8, 4) is 0 Å². The minimum atomic E-state index is -0.305. The summed E-state index contributed by atoms with van der Waals surface area (Å²) in [5.74, 6) is 0.317. The van der Waals surface area contributed by atoms with Gasteiger partial charge in [-0.3, -0.25) is 14.5 Å². The molecule has 0 spiro atoms. The van der Waals surface area contributed by atoms with Crippen LogP contribution in [0.15, 0.2) is 24.4 Å². The largest absolute Gasteiger partial charge is 0.399 e. The zero-order valence-corrected chi connectivity index (χ0v) is 9.64. The van der Waals surface area contributed by atoms with E-state index in [4.69, 9.17) is 5.73 Å². The van der Waals surface area contributed by atoms with E-state index in [-0.39, 0.29) is 11.6 Å². The normalized spacial score (nSPS) is 10.2. The van der Waals surface area contributed by atoms with Crippen molar-refractivity contribution in [2.75, 3.05) is 11.1 Å². The molecule has 0 aliphatic rings. The summed E-state index contributed by atoms with van der Waals surface area (Å²) >= 11 is 0. The van der Waals surface area contributed by atoms with Gasteiger partial charge in [0.2, 0.25) is 0 Å². The van der Waals surface area contributed by atoms with Crippen molar-refractivity contribution >= 4 is 17.4 Å². The molecule has 17 heavy (non-hydrogen) atoms. The van der Waals surface area contributed by atoms with E-state index in [9.17, 15) is 4.79 Å². The van der Waals surface area contributed by atoms with Crippen LogP contribution in [0.3, 0.4) is 0 Å². The van der Waals surface area contributed by atoms with Gasteiger partial charge in [0, 0.05) is 25.0 Å². The molecule has 6 nitrogen and oxygen atoms in total. The second-order valence-electron chi connectivity index (χ2n) is 3.72. The predicted molar refractivity (Wildman–Crippen MR) is 64.5 cm³/mol. The number of pyridine rings is 1. The van der Waals surface area contributed by atoms with Crippen LogP contribution in [0.4, 0.5) is 11.5 Å². The van der Waals surface area contributed by atoms with Crippen LogP contribution in [0.25, 0.3) is 0 Å². The van der Waals surface area contributed by atoms with Crippen molar-refractivity contribution in [2.24, 2.45) is 7.05 Å². The molecule has 1 amide bonds. The molecular weight excluding hydrogens is 218 g/mol. The highest BCUT2D eigenvalue weighted by Crippen LogP contribution is 2.10. The van der Waals surface area contributed by atoms with E-state index in [2.05, 4.69) is 15.4 Å². The topological polar surface area (TPSA) is 85.8 Å². The molecule has 0 fully saturated rings. The maximum atomic E-state index is 11.9. The molecule has 0 saturated heterocycles. The van der Waals surface area contributed by atoms with Gasteiger partial charge >= 0.3 is 0 Å². The third-order valence-corrected chi connectivity index (χ3v) is 2.26. The number of carbonyl (C=O) groups excluding carboxylic acids is 1. The minimum absolute atomic E-state index is 0.281. The molecular formula is C11H13N5O. The average molecular weight is 231 g/mol. The van der Waals surface area contributed by atoms with Crippen LogP contribution in [0.5, 0.6) is 0 Å². The molecule has 3 N–H and O–H groups in total. The van der Waals surface area contributed by atoms with E-state index in [0.717, 1.165) is 5.69 Å². The number of nitrogens with one attached hydrogen (secondary N) is 1. The van der Waals surface area contributed by atoms with Crippen LogP contribution < -0.4 is 11.1 Å². The van der Waals surface area contributed by atoms with Crippen LogP contribution >= 0.6 is 0 Å². The van der Waals surface area contributed by atoms with Crippen molar-refractivity contribution < 1.29 is 4.79 Å². The molecule has 0 radical (unpaired) electrons. The van der Waals surface area contributed by atoms with E-state index in [1.54, 1.807) is 23.9 Å². The quantitative estimate of drug-likeness (QED) is 0.806. The molecule has 0 unspecified atom stereocenters. The Labute approximate surface area is 98.5 Å². The van der Waals surface area contributed by atoms with Crippen LogP contribution in [0.1, 0.15) is 16.2 Å². The lowest BCUT2D eigenvalue weighted by molar-refractivity contribution is 0.102. The van der Waals surface area contributed by atoms with Crippen molar-refractivity contribution in [1.29, 1.82) is 0 Å². The van der Waals surface area contributed by atoms with Gasteiger partial charge in [0.25, 0.3) is 5.91 Å². The highest BCUT2D eigenvalue weighted by Gasteiger charge is 2.10. The summed E-state index contributed by atoms with van der Waals surface area (Å²) < 4.78 is 1.60. The third-order valence-electron chi connectivity index (χ3n) is 2.26. The smallest absolute Gasteiger partial charge is 0.275 e. The van der Waals surface area contributed by atoms with Gasteiger partial charge in [0.15, 0.2) is 0 Å². The fourth-order valence-electron chi connectivity index (χ4n) is 1.48. The summed E-state index contributed by atoms with van der Waals surface area (Å²) in [5.41, 5.74) is 7.21. The Hall–Kier alpha value is -2.37. The molecule has 2 rings (SSSR count). The lowest BCUT2D eigenvalue weighted by Crippen LogP contribution is -2.16. The van der Waals surface area contributed by atoms with Gasteiger partial charge in [-0.1, -0.05) is 0 Å². The van der Waals surface area contributed by atoms with Crippen molar-refractivity contribution in [3.05, 3.63) is 35.8 Å². The summed E-state index contributed by atoms with van der Waals surface area (Å²) in [5, 5.41) is 6.85. The second-order valence-corrected chi connectivity index (χ2v) is 3.72. The molecule has 6 heteroatoms. The molecule has 2 aromatic heterocycles. The van der Waals surface area contributed by atoms with Crippen molar-refractivity contribution in [1.82, 2.24) is 14.8 Å². The Morgan fingerprint density at radius 1 is 1.47 bits per heavy atom. The average Bonchev–Trinajstić information content (AvgIpc) is 2.57.